The lowest BCUT2D eigenvalue weighted by atomic mass is 9.99. The summed E-state index contributed by atoms with van der Waals surface area (Å²) in [7, 11) is 3.68. The summed E-state index contributed by atoms with van der Waals surface area (Å²) in [5.41, 5.74) is 1.11. The van der Waals surface area contributed by atoms with Gasteiger partial charge in [-0.2, -0.15) is 0 Å². The van der Waals surface area contributed by atoms with E-state index in [4.69, 9.17) is 16.3 Å². The second-order valence-corrected chi connectivity index (χ2v) is 5.50. The van der Waals surface area contributed by atoms with Gasteiger partial charge in [0.2, 0.25) is 0 Å². The van der Waals surface area contributed by atoms with Gasteiger partial charge in [-0.05, 0) is 37.4 Å². The van der Waals surface area contributed by atoms with Crippen molar-refractivity contribution in [1.29, 1.82) is 0 Å². The van der Waals surface area contributed by atoms with Crippen LogP contribution in [0.4, 0.5) is 5.82 Å². The topological polar surface area (TPSA) is 37.4 Å². The first-order chi connectivity index (χ1) is 9.24. The Morgan fingerprint density at radius 1 is 1.58 bits per heavy atom. The number of nitrogens with one attached hydrogen (secondary N) is 1. The fourth-order valence-electron chi connectivity index (χ4n) is 2.63. The Hall–Kier alpha value is -0.840. The van der Waals surface area contributed by atoms with Gasteiger partial charge in [0, 0.05) is 32.9 Å². The van der Waals surface area contributed by atoms with E-state index < -0.39 is 0 Å². The molecule has 2 rings (SSSR count). The lowest BCUT2D eigenvalue weighted by molar-refractivity contribution is 0.143. The maximum absolute atomic E-state index is 6.36. The molecule has 0 amide bonds. The van der Waals surface area contributed by atoms with Crippen molar-refractivity contribution in [3.8, 4) is 0 Å². The zero-order valence-electron chi connectivity index (χ0n) is 11.7. The number of rotatable bonds is 5. The van der Waals surface area contributed by atoms with Crippen LogP contribution in [0.15, 0.2) is 12.3 Å². The summed E-state index contributed by atoms with van der Waals surface area (Å²) in [5, 5.41) is 3.85. The first-order valence-corrected chi connectivity index (χ1v) is 7.15. The zero-order chi connectivity index (χ0) is 13.7. The van der Waals surface area contributed by atoms with Crippen molar-refractivity contribution in [3.63, 3.8) is 0 Å². The van der Waals surface area contributed by atoms with Crippen LogP contribution in [0.25, 0.3) is 0 Å². The first-order valence-electron chi connectivity index (χ1n) is 6.77. The van der Waals surface area contributed by atoms with Crippen molar-refractivity contribution < 1.29 is 4.74 Å². The van der Waals surface area contributed by atoms with E-state index in [0.717, 1.165) is 42.6 Å². The standard InChI is InChI=1S/C14H22ClN3O/c1-16-7-12-6-13(15)14(17-8-12)18-5-3-4-11(9-18)10-19-2/h6,8,11,16H,3-5,7,9-10H2,1-2H3. The fraction of sp³-hybridized carbons (Fsp3) is 0.643. The van der Waals surface area contributed by atoms with E-state index in [0.29, 0.717) is 5.92 Å². The van der Waals surface area contributed by atoms with Gasteiger partial charge >= 0.3 is 0 Å². The molecule has 1 saturated heterocycles. The van der Waals surface area contributed by atoms with Gasteiger partial charge in [-0.1, -0.05) is 11.6 Å². The number of hydrogen-bond acceptors (Lipinski definition) is 4. The predicted molar refractivity (Wildman–Crippen MR) is 78.8 cm³/mol. The largest absolute Gasteiger partial charge is 0.384 e. The Labute approximate surface area is 120 Å². The first kappa shape index (κ1) is 14.6. The summed E-state index contributed by atoms with van der Waals surface area (Å²) in [4.78, 5) is 6.80. The molecule has 1 fully saturated rings. The molecule has 5 heteroatoms. The molecule has 1 aromatic heterocycles. The summed E-state index contributed by atoms with van der Waals surface area (Å²) in [6.07, 6.45) is 4.29. The van der Waals surface area contributed by atoms with Crippen molar-refractivity contribution in [2.45, 2.75) is 19.4 Å². The quantitative estimate of drug-likeness (QED) is 0.900. The summed E-state index contributed by atoms with van der Waals surface area (Å²) >= 11 is 6.36. The molecule has 0 bridgehead atoms. The van der Waals surface area contributed by atoms with Crippen molar-refractivity contribution in [2.24, 2.45) is 5.92 Å². The number of methoxy groups -OCH3 is 1. The molecule has 1 aliphatic heterocycles. The van der Waals surface area contributed by atoms with E-state index in [1.807, 2.05) is 19.3 Å². The number of nitrogens with zero attached hydrogens (tertiary/aromatic N) is 2. The Balaban J connectivity index is 2.08. The van der Waals surface area contributed by atoms with Crippen molar-refractivity contribution in [1.82, 2.24) is 10.3 Å². The zero-order valence-corrected chi connectivity index (χ0v) is 12.4. The molecule has 4 nitrogen and oxygen atoms in total. The third-order valence-corrected chi connectivity index (χ3v) is 3.76. The van der Waals surface area contributed by atoms with Gasteiger partial charge in [-0.25, -0.2) is 4.98 Å². The molecule has 1 unspecified atom stereocenters. The third kappa shape index (κ3) is 3.81. The van der Waals surface area contributed by atoms with E-state index in [1.165, 1.54) is 12.8 Å². The fourth-order valence-corrected chi connectivity index (χ4v) is 2.94. The number of hydrogen-bond donors (Lipinski definition) is 1. The summed E-state index contributed by atoms with van der Waals surface area (Å²) in [6, 6.07) is 2.00. The molecule has 0 aliphatic carbocycles. The van der Waals surface area contributed by atoms with Gasteiger partial charge in [0.05, 0.1) is 11.6 Å². The number of piperidine rings is 1. The molecule has 0 radical (unpaired) electrons. The molecule has 106 valence electrons. The van der Waals surface area contributed by atoms with Crippen LogP contribution in [0.5, 0.6) is 0 Å². The van der Waals surface area contributed by atoms with Crippen LogP contribution in [0.3, 0.4) is 0 Å². The smallest absolute Gasteiger partial charge is 0.147 e. The third-order valence-electron chi connectivity index (χ3n) is 3.48. The van der Waals surface area contributed by atoms with Crippen molar-refractivity contribution in [2.75, 3.05) is 38.8 Å². The highest BCUT2D eigenvalue weighted by Crippen LogP contribution is 2.28. The highest BCUT2D eigenvalue weighted by atomic mass is 35.5. The highest BCUT2D eigenvalue weighted by Gasteiger charge is 2.22. The van der Waals surface area contributed by atoms with E-state index in [2.05, 4.69) is 15.2 Å². The average Bonchev–Trinajstić information content (AvgIpc) is 2.40. The Morgan fingerprint density at radius 3 is 3.11 bits per heavy atom. The van der Waals surface area contributed by atoms with Gasteiger partial charge in [0.25, 0.3) is 0 Å². The minimum Gasteiger partial charge on any atom is -0.384 e. The van der Waals surface area contributed by atoms with Crippen LogP contribution < -0.4 is 10.2 Å². The molecule has 0 spiro atoms. The summed E-state index contributed by atoms with van der Waals surface area (Å²) in [6.45, 7) is 3.61. The Kier molecular flexibility index (Phi) is 5.43. The molecular formula is C14H22ClN3O. The van der Waals surface area contributed by atoms with E-state index in [1.54, 1.807) is 7.11 Å². The lowest BCUT2D eigenvalue weighted by Gasteiger charge is -2.33. The van der Waals surface area contributed by atoms with Crippen LogP contribution in [-0.2, 0) is 11.3 Å². The maximum atomic E-state index is 6.36. The van der Waals surface area contributed by atoms with Crippen LogP contribution in [-0.4, -0.2) is 38.8 Å². The van der Waals surface area contributed by atoms with Gasteiger partial charge < -0.3 is 15.0 Å². The predicted octanol–water partition coefficient (Wildman–Crippen LogP) is 2.32. The number of anilines is 1. The van der Waals surface area contributed by atoms with E-state index in [9.17, 15) is 0 Å². The van der Waals surface area contributed by atoms with Crippen LogP contribution in [0.2, 0.25) is 5.02 Å². The molecule has 19 heavy (non-hydrogen) atoms. The second kappa shape index (κ2) is 7.08. The number of halogens is 1. The van der Waals surface area contributed by atoms with Crippen molar-refractivity contribution >= 4 is 17.4 Å². The molecule has 0 saturated carbocycles. The van der Waals surface area contributed by atoms with Gasteiger partial charge in [0.15, 0.2) is 0 Å². The van der Waals surface area contributed by atoms with Crippen LogP contribution in [0.1, 0.15) is 18.4 Å². The normalized spacial score (nSPS) is 19.7. The summed E-state index contributed by atoms with van der Waals surface area (Å²) < 4.78 is 5.26. The molecule has 2 heterocycles. The number of ether oxygens (including phenoxy) is 1. The minimum absolute atomic E-state index is 0.577. The molecule has 0 aromatic carbocycles. The van der Waals surface area contributed by atoms with Crippen molar-refractivity contribution in [3.05, 3.63) is 22.8 Å². The Morgan fingerprint density at radius 2 is 2.42 bits per heavy atom. The van der Waals surface area contributed by atoms with Crippen LogP contribution >= 0.6 is 11.6 Å². The molecule has 1 atom stereocenters. The van der Waals surface area contributed by atoms with Crippen LogP contribution in [0, 0.1) is 5.92 Å². The van der Waals surface area contributed by atoms with E-state index >= 15 is 0 Å². The SMILES string of the molecule is CNCc1cnc(N2CCCC(COC)C2)c(Cl)c1. The minimum atomic E-state index is 0.577. The maximum Gasteiger partial charge on any atom is 0.147 e. The number of aromatic nitrogens is 1. The van der Waals surface area contributed by atoms with Gasteiger partial charge in [-0.3, -0.25) is 0 Å². The van der Waals surface area contributed by atoms with E-state index in [-0.39, 0.29) is 0 Å². The molecule has 1 aliphatic rings. The van der Waals surface area contributed by atoms with Gasteiger partial charge in [-0.15, -0.1) is 0 Å². The number of pyridine rings is 1. The summed E-state index contributed by atoms with van der Waals surface area (Å²) in [5.74, 6) is 1.48. The lowest BCUT2D eigenvalue weighted by Crippen LogP contribution is -2.37. The molecular weight excluding hydrogens is 262 g/mol. The monoisotopic (exact) mass is 283 g/mol. The molecule has 1 N–H and O–H groups in total. The molecule has 1 aromatic rings. The van der Waals surface area contributed by atoms with Gasteiger partial charge in [0.1, 0.15) is 5.82 Å². The average molecular weight is 284 g/mol. The second-order valence-electron chi connectivity index (χ2n) is 5.09. The highest BCUT2D eigenvalue weighted by molar-refractivity contribution is 6.33. The Bertz CT molecular complexity index is 412.